The van der Waals surface area contributed by atoms with Gasteiger partial charge in [-0.15, -0.1) is 0 Å². The number of carbonyl (C=O) groups is 3. The van der Waals surface area contributed by atoms with E-state index in [1.54, 1.807) is 52.0 Å². The van der Waals surface area contributed by atoms with Crippen LogP contribution in [-0.2, 0) is 40.2 Å². The zero-order valence-corrected chi connectivity index (χ0v) is 27.8. The molecule has 0 fully saturated rings. The average Bonchev–Trinajstić information content (AvgIpc) is 2.92. The minimum absolute atomic E-state index is 0.00229. The van der Waals surface area contributed by atoms with Gasteiger partial charge in [0, 0.05) is 35.7 Å². The highest BCUT2D eigenvalue weighted by atomic mass is 35.5. The van der Waals surface area contributed by atoms with Crippen LogP contribution in [0.5, 0.6) is 0 Å². The van der Waals surface area contributed by atoms with E-state index in [0.29, 0.717) is 23.8 Å². The van der Waals surface area contributed by atoms with Crippen molar-refractivity contribution in [3.63, 3.8) is 0 Å². The first kappa shape index (κ1) is 37.5. The van der Waals surface area contributed by atoms with Gasteiger partial charge in [-0.3, -0.25) is 9.59 Å². The topological polar surface area (TPSA) is 166 Å². The fourth-order valence-corrected chi connectivity index (χ4v) is 6.11. The summed E-state index contributed by atoms with van der Waals surface area (Å²) in [5.41, 5.74) is 5.80. The molecule has 12 nitrogen and oxygen atoms in total. The van der Waals surface area contributed by atoms with Gasteiger partial charge in [-0.1, -0.05) is 46.9 Å². The molecule has 0 aliphatic carbocycles. The van der Waals surface area contributed by atoms with Gasteiger partial charge in [0.15, 0.2) is 12.4 Å². The molecule has 0 aromatic heterocycles. The van der Waals surface area contributed by atoms with Crippen LogP contribution in [0, 0.1) is 0 Å². The summed E-state index contributed by atoms with van der Waals surface area (Å²) in [5.74, 6) is -1.48. The quantitative estimate of drug-likeness (QED) is 0.211. The van der Waals surface area contributed by atoms with E-state index in [9.17, 15) is 22.8 Å². The molecule has 0 saturated carbocycles. The Morgan fingerprint density at radius 1 is 0.977 bits per heavy atom. The van der Waals surface area contributed by atoms with Crippen LogP contribution in [0.25, 0.3) is 0 Å². The molecule has 0 radical (unpaired) electrons. The monoisotopic (exact) mass is 694 g/mol. The third-order valence-electron chi connectivity index (χ3n) is 6.09. The largest absolute Gasteiger partial charge is 0.435 e. The van der Waals surface area contributed by atoms with Crippen molar-refractivity contribution >= 4 is 62.7 Å². The third-order valence-corrected chi connectivity index (χ3v) is 8.47. The molecule has 44 heavy (non-hydrogen) atoms. The van der Waals surface area contributed by atoms with E-state index >= 15 is 0 Å². The molecule has 2 unspecified atom stereocenters. The Balaban J connectivity index is 2.38. The van der Waals surface area contributed by atoms with E-state index in [0.717, 1.165) is 0 Å². The lowest BCUT2D eigenvalue weighted by atomic mass is 10.0. The molecule has 4 N–H and O–H groups in total. The van der Waals surface area contributed by atoms with Gasteiger partial charge < -0.3 is 30.2 Å². The number of sulfonamides is 1. The first-order valence-electron chi connectivity index (χ1n) is 13.7. The predicted octanol–water partition coefficient (Wildman–Crippen LogP) is 3.75. The lowest BCUT2D eigenvalue weighted by Gasteiger charge is -2.34. The fourth-order valence-electron chi connectivity index (χ4n) is 4.09. The second-order valence-electron chi connectivity index (χ2n) is 9.67. The standard InChI is InChI=1S/C28H37Cl3N4O8S/c1-5-41-25(42-6-2)16-35(17(3)4)27(37)22(13-18-8-7-9-19(29)12-18)34-26(36)23(43-28(32)38)15-33-44(39,40)24-11-10-20(30)14-21(24)31/h7-12,14,17,22-23,25,33H,5-6,13,15-16H2,1-4H3,(H2,32,38)(H,34,36). The van der Waals surface area contributed by atoms with Crippen LogP contribution >= 0.6 is 34.8 Å². The summed E-state index contributed by atoms with van der Waals surface area (Å²) < 4.78 is 44.2. The van der Waals surface area contributed by atoms with Crippen LogP contribution in [0.2, 0.25) is 15.1 Å². The van der Waals surface area contributed by atoms with Crippen LogP contribution in [-0.4, -0.2) is 82.0 Å². The summed E-state index contributed by atoms with van der Waals surface area (Å²) >= 11 is 18.1. The highest BCUT2D eigenvalue weighted by Crippen LogP contribution is 2.25. The fraction of sp³-hybridized carbons (Fsp3) is 0.464. The van der Waals surface area contributed by atoms with Crippen molar-refractivity contribution in [2.24, 2.45) is 5.73 Å². The normalized spacial score (nSPS) is 13.0. The van der Waals surface area contributed by atoms with E-state index < -0.39 is 52.9 Å². The molecule has 16 heteroatoms. The van der Waals surface area contributed by atoms with Gasteiger partial charge >= 0.3 is 6.09 Å². The van der Waals surface area contributed by atoms with Crippen LogP contribution in [0.15, 0.2) is 47.4 Å². The van der Waals surface area contributed by atoms with Crippen molar-refractivity contribution in [1.29, 1.82) is 0 Å². The van der Waals surface area contributed by atoms with Crippen molar-refractivity contribution < 1.29 is 37.0 Å². The molecule has 0 saturated heterocycles. The van der Waals surface area contributed by atoms with E-state index in [1.165, 1.54) is 23.1 Å². The van der Waals surface area contributed by atoms with Crippen molar-refractivity contribution in [1.82, 2.24) is 14.9 Å². The number of hydrogen-bond donors (Lipinski definition) is 3. The van der Waals surface area contributed by atoms with Crippen LogP contribution in [0.3, 0.4) is 0 Å². The molecule has 2 aromatic carbocycles. The number of nitrogens with two attached hydrogens (primary N) is 1. The van der Waals surface area contributed by atoms with Crippen molar-refractivity contribution in [3.05, 3.63) is 63.1 Å². The molecule has 3 amide bonds. The first-order chi connectivity index (χ1) is 20.7. The molecule has 2 atom stereocenters. The maximum absolute atomic E-state index is 14.0. The smallest absolute Gasteiger partial charge is 0.405 e. The summed E-state index contributed by atoms with van der Waals surface area (Å²) in [6, 6.07) is 8.90. The molecule has 0 heterocycles. The van der Waals surface area contributed by atoms with Gasteiger partial charge in [0.05, 0.1) is 18.1 Å². The minimum atomic E-state index is -4.29. The SMILES string of the molecule is CCOC(CN(C(=O)C(Cc1cccc(Cl)c1)NC(=O)C(CNS(=O)(=O)c1ccc(Cl)cc1Cl)OC(N)=O)C(C)C)OCC. The number of carbonyl (C=O) groups excluding carboxylic acids is 3. The van der Waals surface area contributed by atoms with Gasteiger partial charge in [0.1, 0.15) is 10.9 Å². The molecule has 2 rings (SSSR count). The Hall–Kier alpha value is -2.65. The Labute approximate surface area is 272 Å². The molecule has 2 aromatic rings. The predicted molar refractivity (Wildman–Crippen MR) is 167 cm³/mol. The number of nitrogens with one attached hydrogen (secondary N) is 2. The maximum Gasteiger partial charge on any atom is 0.405 e. The summed E-state index contributed by atoms with van der Waals surface area (Å²) in [6.45, 7) is 7.20. The molecule has 0 aliphatic heterocycles. The molecule has 0 bridgehead atoms. The van der Waals surface area contributed by atoms with Gasteiger partial charge in [0.2, 0.25) is 15.9 Å². The summed E-state index contributed by atoms with van der Waals surface area (Å²) in [6.07, 6.45) is -3.82. The summed E-state index contributed by atoms with van der Waals surface area (Å²) in [7, 11) is -4.29. The number of ether oxygens (including phenoxy) is 3. The van der Waals surface area contributed by atoms with Gasteiger partial charge in [0.25, 0.3) is 5.91 Å². The number of primary amides is 1. The first-order valence-corrected chi connectivity index (χ1v) is 16.3. The highest BCUT2D eigenvalue weighted by molar-refractivity contribution is 7.89. The van der Waals surface area contributed by atoms with E-state index in [1.807, 2.05) is 0 Å². The van der Waals surface area contributed by atoms with Gasteiger partial charge in [-0.25, -0.2) is 17.9 Å². The Morgan fingerprint density at radius 3 is 2.16 bits per heavy atom. The lowest BCUT2D eigenvalue weighted by molar-refractivity contribution is -0.163. The van der Waals surface area contributed by atoms with Gasteiger partial charge in [-0.05, 0) is 63.6 Å². The molecule has 0 aliphatic rings. The van der Waals surface area contributed by atoms with E-state index in [4.69, 9.17) is 54.7 Å². The van der Waals surface area contributed by atoms with Gasteiger partial charge in [-0.2, -0.15) is 0 Å². The van der Waals surface area contributed by atoms with Crippen molar-refractivity contribution in [2.45, 2.75) is 63.5 Å². The number of amides is 3. The van der Waals surface area contributed by atoms with E-state index in [-0.39, 0.29) is 33.9 Å². The van der Waals surface area contributed by atoms with Crippen LogP contribution < -0.4 is 15.8 Å². The minimum Gasteiger partial charge on any atom is -0.435 e. The molecular formula is C28H37Cl3N4O8S. The second-order valence-corrected chi connectivity index (χ2v) is 12.7. The molecule has 244 valence electrons. The summed E-state index contributed by atoms with van der Waals surface area (Å²) in [4.78, 5) is 40.3. The zero-order chi connectivity index (χ0) is 33.0. The second kappa shape index (κ2) is 17.7. The van der Waals surface area contributed by atoms with E-state index in [2.05, 4.69) is 10.0 Å². The molecular weight excluding hydrogens is 659 g/mol. The number of benzene rings is 2. The van der Waals surface area contributed by atoms with Crippen LogP contribution in [0.4, 0.5) is 4.79 Å². The number of hydrogen-bond acceptors (Lipinski definition) is 8. The Bertz CT molecular complexity index is 1390. The number of nitrogens with zero attached hydrogens (tertiary/aromatic N) is 1. The van der Waals surface area contributed by atoms with Crippen molar-refractivity contribution in [2.75, 3.05) is 26.3 Å². The van der Waals surface area contributed by atoms with Crippen molar-refractivity contribution in [3.8, 4) is 0 Å². The lowest BCUT2D eigenvalue weighted by Crippen LogP contribution is -2.56. The Kier molecular flexibility index (Phi) is 15.1. The maximum atomic E-state index is 14.0. The molecule has 0 spiro atoms. The Morgan fingerprint density at radius 2 is 1.61 bits per heavy atom. The average molecular weight is 696 g/mol. The number of halogens is 3. The third kappa shape index (κ3) is 11.7. The zero-order valence-electron chi connectivity index (χ0n) is 24.7. The number of rotatable bonds is 17. The summed E-state index contributed by atoms with van der Waals surface area (Å²) in [5, 5.41) is 3.05. The highest BCUT2D eigenvalue weighted by Gasteiger charge is 2.34. The van der Waals surface area contributed by atoms with Crippen LogP contribution in [0.1, 0.15) is 33.3 Å².